The Morgan fingerprint density at radius 3 is 3.10 bits per heavy atom. The topological polar surface area (TPSA) is 56.8 Å². The Hall–Kier alpha value is -1.39. The molecule has 114 valence electrons. The van der Waals surface area contributed by atoms with Crippen molar-refractivity contribution >= 4 is 5.90 Å². The summed E-state index contributed by atoms with van der Waals surface area (Å²) in [5.41, 5.74) is 9.37. The van der Waals surface area contributed by atoms with Gasteiger partial charge in [0.2, 0.25) is 0 Å². The molecule has 21 heavy (non-hydrogen) atoms. The van der Waals surface area contributed by atoms with Crippen molar-refractivity contribution in [3.05, 3.63) is 34.9 Å². The molecule has 0 saturated carbocycles. The lowest BCUT2D eigenvalue weighted by molar-refractivity contribution is 0.0398. The molecule has 4 heteroatoms. The second kappa shape index (κ2) is 5.78. The van der Waals surface area contributed by atoms with Crippen molar-refractivity contribution in [3.63, 3.8) is 0 Å². The zero-order valence-corrected chi connectivity index (χ0v) is 12.9. The Labute approximate surface area is 126 Å². The number of hydrogen-bond acceptors (Lipinski definition) is 4. The molecule has 0 spiro atoms. The SMILES string of the molecule is CC(CN)C1=NCCC(C)(c2cccc3c2COCC3)O1. The van der Waals surface area contributed by atoms with Gasteiger partial charge in [0.05, 0.1) is 13.2 Å². The van der Waals surface area contributed by atoms with Crippen LogP contribution in [0, 0.1) is 5.92 Å². The first kappa shape index (κ1) is 14.5. The van der Waals surface area contributed by atoms with Gasteiger partial charge in [-0.15, -0.1) is 0 Å². The Morgan fingerprint density at radius 2 is 2.29 bits per heavy atom. The lowest BCUT2D eigenvalue weighted by Gasteiger charge is -2.38. The number of hydrogen-bond donors (Lipinski definition) is 1. The van der Waals surface area contributed by atoms with E-state index < -0.39 is 0 Å². The van der Waals surface area contributed by atoms with Gasteiger partial charge in [-0.3, -0.25) is 4.99 Å². The third-order valence-corrected chi connectivity index (χ3v) is 4.57. The number of benzene rings is 1. The molecule has 0 aliphatic carbocycles. The summed E-state index contributed by atoms with van der Waals surface area (Å²) in [6, 6.07) is 6.50. The fourth-order valence-corrected chi connectivity index (χ4v) is 3.13. The highest BCUT2D eigenvalue weighted by molar-refractivity contribution is 5.79. The van der Waals surface area contributed by atoms with Gasteiger partial charge in [0, 0.05) is 31.0 Å². The number of aliphatic imine (C=N–C) groups is 1. The smallest absolute Gasteiger partial charge is 0.188 e. The molecule has 2 aliphatic rings. The molecule has 1 aromatic rings. The Bertz CT molecular complexity index is 556. The number of fused-ring (bicyclic) bond motifs is 1. The summed E-state index contributed by atoms with van der Waals surface area (Å²) in [5, 5.41) is 0. The molecular weight excluding hydrogens is 264 g/mol. The standard InChI is InChI=1S/C17H24N2O2/c1-12(10-18)16-19-8-7-17(2,21-16)15-5-3-4-13-6-9-20-11-14(13)15/h3-5,12H,6-11,18H2,1-2H3. The van der Waals surface area contributed by atoms with Crippen LogP contribution in [0.5, 0.6) is 0 Å². The molecule has 0 fully saturated rings. The van der Waals surface area contributed by atoms with Crippen LogP contribution < -0.4 is 5.73 Å². The van der Waals surface area contributed by atoms with Crippen LogP contribution in [0.15, 0.2) is 23.2 Å². The van der Waals surface area contributed by atoms with Crippen LogP contribution in [-0.4, -0.2) is 25.6 Å². The van der Waals surface area contributed by atoms with E-state index in [0.29, 0.717) is 13.2 Å². The maximum atomic E-state index is 6.29. The average molecular weight is 288 g/mol. The number of nitrogens with two attached hydrogens (primary N) is 1. The van der Waals surface area contributed by atoms with Gasteiger partial charge in [0.25, 0.3) is 0 Å². The molecule has 2 unspecified atom stereocenters. The van der Waals surface area contributed by atoms with Gasteiger partial charge < -0.3 is 15.2 Å². The molecule has 2 N–H and O–H groups in total. The molecule has 2 aliphatic heterocycles. The Morgan fingerprint density at radius 1 is 1.43 bits per heavy atom. The first-order chi connectivity index (χ1) is 10.1. The number of rotatable bonds is 3. The predicted octanol–water partition coefficient (Wildman–Crippen LogP) is 2.39. The van der Waals surface area contributed by atoms with Crippen molar-refractivity contribution in [3.8, 4) is 0 Å². The van der Waals surface area contributed by atoms with E-state index in [1.165, 1.54) is 16.7 Å². The van der Waals surface area contributed by atoms with E-state index in [1.54, 1.807) is 0 Å². The summed E-state index contributed by atoms with van der Waals surface area (Å²) in [6.07, 6.45) is 1.88. The summed E-state index contributed by atoms with van der Waals surface area (Å²) in [5.74, 6) is 0.959. The third kappa shape index (κ3) is 2.70. The van der Waals surface area contributed by atoms with E-state index in [9.17, 15) is 0 Å². The van der Waals surface area contributed by atoms with Crippen molar-refractivity contribution in [2.75, 3.05) is 19.7 Å². The molecule has 2 heterocycles. The van der Waals surface area contributed by atoms with Crippen LogP contribution in [0.25, 0.3) is 0 Å². The molecule has 4 nitrogen and oxygen atoms in total. The summed E-state index contributed by atoms with van der Waals surface area (Å²) < 4.78 is 12.0. The normalized spacial score (nSPS) is 26.5. The lowest BCUT2D eigenvalue weighted by atomic mass is 9.84. The molecule has 2 atom stereocenters. The van der Waals surface area contributed by atoms with E-state index in [1.807, 2.05) is 0 Å². The molecule has 0 aromatic heterocycles. The second-order valence-corrected chi connectivity index (χ2v) is 6.19. The van der Waals surface area contributed by atoms with Crippen molar-refractivity contribution in [2.24, 2.45) is 16.6 Å². The van der Waals surface area contributed by atoms with Gasteiger partial charge in [-0.25, -0.2) is 0 Å². The molecular formula is C17H24N2O2. The second-order valence-electron chi connectivity index (χ2n) is 6.19. The van der Waals surface area contributed by atoms with Gasteiger partial charge in [-0.1, -0.05) is 25.1 Å². The maximum Gasteiger partial charge on any atom is 0.188 e. The molecule has 1 aromatic carbocycles. The summed E-state index contributed by atoms with van der Waals surface area (Å²) in [7, 11) is 0. The minimum Gasteiger partial charge on any atom is -0.470 e. The highest BCUT2D eigenvalue weighted by Gasteiger charge is 2.36. The largest absolute Gasteiger partial charge is 0.470 e. The monoisotopic (exact) mass is 288 g/mol. The van der Waals surface area contributed by atoms with Crippen LogP contribution in [0.1, 0.15) is 37.0 Å². The first-order valence-corrected chi connectivity index (χ1v) is 7.76. The first-order valence-electron chi connectivity index (χ1n) is 7.76. The predicted molar refractivity (Wildman–Crippen MR) is 83.4 cm³/mol. The van der Waals surface area contributed by atoms with Crippen molar-refractivity contribution < 1.29 is 9.47 Å². The van der Waals surface area contributed by atoms with Crippen LogP contribution in [0.2, 0.25) is 0 Å². The summed E-state index contributed by atoms with van der Waals surface area (Å²) in [4.78, 5) is 4.52. The van der Waals surface area contributed by atoms with Gasteiger partial charge in [-0.05, 0) is 24.5 Å². The minimum atomic E-state index is -0.327. The average Bonchev–Trinajstić information content (AvgIpc) is 2.53. The summed E-state index contributed by atoms with van der Waals surface area (Å²) in [6.45, 7) is 7.07. The lowest BCUT2D eigenvalue weighted by Crippen LogP contribution is -2.39. The van der Waals surface area contributed by atoms with E-state index >= 15 is 0 Å². The molecule has 3 rings (SSSR count). The fourth-order valence-electron chi connectivity index (χ4n) is 3.13. The Balaban J connectivity index is 1.95. The number of ether oxygens (including phenoxy) is 2. The molecule has 0 amide bonds. The highest BCUT2D eigenvalue weighted by Crippen LogP contribution is 2.37. The van der Waals surface area contributed by atoms with Gasteiger partial charge in [0.1, 0.15) is 5.60 Å². The maximum absolute atomic E-state index is 6.29. The molecule has 0 radical (unpaired) electrons. The summed E-state index contributed by atoms with van der Waals surface area (Å²) >= 11 is 0. The fraction of sp³-hybridized carbons (Fsp3) is 0.588. The van der Waals surface area contributed by atoms with Crippen molar-refractivity contribution in [2.45, 2.75) is 38.9 Å². The van der Waals surface area contributed by atoms with E-state index in [2.05, 4.69) is 37.0 Å². The van der Waals surface area contributed by atoms with Crippen LogP contribution in [-0.2, 0) is 28.1 Å². The van der Waals surface area contributed by atoms with E-state index in [-0.39, 0.29) is 11.5 Å². The van der Waals surface area contributed by atoms with Gasteiger partial charge >= 0.3 is 0 Å². The Kier molecular flexibility index (Phi) is 4.00. The zero-order chi connectivity index (χ0) is 14.9. The zero-order valence-electron chi connectivity index (χ0n) is 12.9. The van der Waals surface area contributed by atoms with Crippen molar-refractivity contribution in [1.29, 1.82) is 0 Å². The van der Waals surface area contributed by atoms with Crippen LogP contribution in [0.3, 0.4) is 0 Å². The number of nitrogens with zero attached hydrogens (tertiary/aromatic N) is 1. The van der Waals surface area contributed by atoms with Gasteiger partial charge in [-0.2, -0.15) is 0 Å². The van der Waals surface area contributed by atoms with E-state index in [0.717, 1.165) is 31.9 Å². The minimum absolute atomic E-state index is 0.167. The van der Waals surface area contributed by atoms with Gasteiger partial charge in [0.15, 0.2) is 5.90 Å². The quantitative estimate of drug-likeness (QED) is 0.929. The van der Waals surface area contributed by atoms with Crippen LogP contribution >= 0.6 is 0 Å². The highest BCUT2D eigenvalue weighted by atomic mass is 16.5. The van der Waals surface area contributed by atoms with Crippen molar-refractivity contribution in [1.82, 2.24) is 0 Å². The van der Waals surface area contributed by atoms with Crippen LogP contribution in [0.4, 0.5) is 0 Å². The van der Waals surface area contributed by atoms with E-state index in [4.69, 9.17) is 15.2 Å². The molecule has 0 saturated heterocycles. The molecule has 0 bridgehead atoms. The third-order valence-electron chi connectivity index (χ3n) is 4.57.